The molecule has 0 aromatic heterocycles. The van der Waals surface area contributed by atoms with E-state index in [0.29, 0.717) is 19.8 Å². The van der Waals surface area contributed by atoms with E-state index in [2.05, 4.69) is 0 Å². The van der Waals surface area contributed by atoms with Crippen molar-refractivity contribution in [2.45, 2.75) is 39.6 Å². The SMILES string of the molecule is CCOCCCN(C(C)O)C(C)O. The van der Waals surface area contributed by atoms with Crippen LogP contribution in [0.5, 0.6) is 0 Å². The number of aliphatic hydroxyl groups is 2. The van der Waals surface area contributed by atoms with E-state index < -0.39 is 12.5 Å². The molecular weight excluding hydrogens is 170 g/mol. The first-order valence-electron chi connectivity index (χ1n) is 4.79. The Bertz CT molecular complexity index is 109. The first-order valence-corrected chi connectivity index (χ1v) is 4.79. The summed E-state index contributed by atoms with van der Waals surface area (Å²) in [5.74, 6) is 0. The summed E-state index contributed by atoms with van der Waals surface area (Å²) in [4.78, 5) is 1.61. The van der Waals surface area contributed by atoms with E-state index in [4.69, 9.17) is 4.74 Å². The summed E-state index contributed by atoms with van der Waals surface area (Å²) in [7, 11) is 0. The summed E-state index contributed by atoms with van der Waals surface area (Å²) in [6.07, 6.45) is -0.396. The molecule has 0 amide bonds. The van der Waals surface area contributed by atoms with Crippen LogP contribution in [0, 0.1) is 0 Å². The second kappa shape index (κ2) is 7.26. The third-order valence-corrected chi connectivity index (χ3v) is 1.87. The lowest BCUT2D eigenvalue weighted by atomic mass is 10.3. The predicted octanol–water partition coefficient (Wildman–Crippen LogP) is 0.392. The molecule has 2 unspecified atom stereocenters. The zero-order valence-corrected chi connectivity index (χ0v) is 8.73. The minimum atomic E-state index is -0.610. The van der Waals surface area contributed by atoms with E-state index in [1.54, 1.807) is 18.7 Å². The molecule has 0 saturated carbocycles. The number of aliphatic hydroxyl groups excluding tert-OH is 2. The summed E-state index contributed by atoms with van der Waals surface area (Å²) < 4.78 is 5.15. The maximum Gasteiger partial charge on any atom is 0.106 e. The minimum absolute atomic E-state index is 0.610. The molecule has 0 aromatic rings. The molecule has 0 saturated heterocycles. The van der Waals surface area contributed by atoms with Crippen molar-refractivity contribution in [3.05, 3.63) is 0 Å². The minimum Gasteiger partial charge on any atom is -0.382 e. The quantitative estimate of drug-likeness (QED) is 0.451. The lowest BCUT2D eigenvalue weighted by molar-refractivity contribution is -0.0864. The van der Waals surface area contributed by atoms with Crippen LogP contribution in [-0.2, 0) is 4.74 Å². The summed E-state index contributed by atoms with van der Waals surface area (Å²) in [5.41, 5.74) is 0. The van der Waals surface area contributed by atoms with Gasteiger partial charge in [0.2, 0.25) is 0 Å². The highest BCUT2D eigenvalue weighted by molar-refractivity contribution is 4.58. The van der Waals surface area contributed by atoms with Crippen molar-refractivity contribution in [2.75, 3.05) is 19.8 Å². The Morgan fingerprint density at radius 1 is 1.23 bits per heavy atom. The van der Waals surface area contributed by atoms with Crippen molar-refractivity contribution < 1.29 is 14.9 Å². The van der Waals surface area contributed by atoms with E-state index in [-0.39, 0.29) is 0 Å². The molecule has 0 spiro atoms. The largest absolute Gasteiger partial charge is 0.382 e. The molecule has 0 heterocycles. The second-order valence-corrected chi connectivity index (χ2v) is 3.05. The molecule has 0 rings (SSSR count). The Balaban J connectivity index is 3.58. The van der Waals surface area contributed by atoms with Gasteiger partial charge in [-0.3, -0.25) is 4.90 Å². The topological polar surface area (TPSA) is 52.9 Å². The number of rotatable bonds is 7. The molecule has 13 heavy (non-hydrogen) atoms. The molecule has 0 aliphatic heterocycles. The van der Waals surface area contributed by atoms with Gasteiger partial charge in [0.05, 0.1) is 0 Å². The Morgan fingerprint density at radius 3 is 2.15 bits per heavy atom. The molecule has 0 aromatic carbocycles. The molecule has 4 heteroatoms. The van der Waals surface area contributed by atoms with Crippen LogP contribution in [-0.4, -0.2) is 47.3 Å². The molecule has 0 aliphatic rings. The average Bonchev–Trinajstić information content (AvgIpc) is 2.02. The average molecular weight is 191 g/mol. The number of nitrogens with zero attached hydrogens (tertiary/aromatic N) is 1. The Hall–Kier alpha value is -0.160. The molecule has 2 atom stereocenters. The Kier molecular flexibility index (Phi) is 7.17. The van der Waals surface area contributed by atoms with Gasteiger partial charge in [-0.1, -0.05) is 0 Å². The Morgan fingerprint density at radius 2 is 1.77 bits per heavy atom. The molecule has 80 valence electrons. The van der Waals surface area contributed by atoms with Crippen LogP contribution in [0.2, 0.25) is 0 Å². The normalized spacial score (nSPS) is 16.2. The van der Waals surface area contributed by atoms with Crippen molar-refractivity contribution in [3.8, 4) is 0 Å². The second-order valence-electron chi connectivity index (χ2n) is 3.05. The van der Waals surface area contributed by atoms with E-state index >= 15 is 0 Å². The lowest BCUT2D eigenvalue weighted by Crippen LogP contribution is -2.41. The van der Waals surface area contributed by atoms with Crippen molar-refractivity contribution in [1.29, 1.82) is 0 Å². The van der Waals surface area contributed by atoms with Gasteiger partial charge in [-0.05, 0) is 27.2 Å². The van der Waals surface area contributed by atoms with Gasteiger partial charge < -0.3 is 14.9 Å². The fraction of sp³-hybridized carbons (Fsp3) is 1.00. The summed E-state index contributed by atoms with van der Waals surface area (Å²) >= 11 is 0. The van der Waals surface area contributed by atoms with E-state index in [1.807, 2.05) is 6.92 Å². The van der Waals surface area contributed by atoms with Gasteiger partial charge >= 0.3 is 0 Å². The zero-order valence-electron chi connectivity index (χ0n) is 8.73. The van der Waals surface area contributed by atoms with Crippen molar-refractivity contribution in [2.24, 2.45) is 0 Å². The fourth-order valence-electron chi connectivity index (χ4n) is 1.18. The van der Waals surface area contributed by atoms with E-state index in [1.165, 1.54) is 0 Å². The van der Waals surface area contributed by atoms with Crippen molar-refractivity contribution >= 4 is 0 Å². The van der Waals surface area contributed by atoms with Crippen LogP contribution in [0.3, 0.4) is 0 Å². The summed E-state index contributed by atoms with van der Waals surface area (Å²) in [6, 6.07) is 0. The molecule has 0 bridgehead atoms. The Labute approximate surface area is 80.1 Å². The molecule has 0 aliphatic carbocycles. The number of hydrogen-bond acceptors (Lipinski definition) is 4. The van der Waals surface area contributed by atoms with Crippen LogP contribution in [0.25, 0.3) is 0 Å². The molecule has 2 N–H and O–H groups in total. The first-order chi connectivity index (χ1) is 6.09. The van der Waals surface area contributed by atoms with Gasteiger partial charge in [0.1, 0.15) is 12.5 Å². The van der Waals surface area contributed by atoms with Gasteiger partial charge in [0, 0.05) is 19.8 Å². The standard InChI is InChI=1S/C9H21NO3/c1-4-13-7-5-6-10(8(2)11)9(3)12/h8-9,11-12H,4-7H2,1-3H3. The van der Waals surface area contributed by atoms with E-state index in [9.17, 15) is 10.2 Å². The molecule has 4 nitrogen and oxygen atoms in total. The van der Waals surface area contributed by atoms with Gasteiger partial charge in [-0.25, -0.2) is 0 Å². The first kappa shape index (κ1) is 12.8. The molecule has 0 fully saturated rings. The third-order valence-electron chi connectivity index (χ3n) is 1.87. The molecule has 0 radical (unpaired) electrons. The van der Waals surface area contributed by atoms with Crippen LogP contribution >= 0.6 is 0 Å². The maximum absolute atomic E-state index is 9.26. The predicted molar refractivity (Wildman–Crippen MR) is 51.2 cm³/mol. The lowest BCUT2D eigenvalue weighted by Gasteiger charge is -2.27. The van der Waals surface area contributed by atoms with Crippen LogP contribution < -0.4 is 0 Å². The number of ether oxygens (including phenoxy) is 1. The van der Waals surface area contributed by atoms with E-state index in [0.717, 1.165) is 6.42 Å². The van der Waals surface area contributed by atoms with Crippen molar-refractivity contribution in [1.82, 2.24) is 4.90 Å². The highest BCUT2D eigenvalue weighted by Crippen LogP contribution is 2.02. The number of hydrogen-bond donors (Lipinski definition) is 2. The maximum atomic E-state index is 9.26. The third kappa shape index (κ3) is 5.99. The van der Waals surface area contributed by atoms with Crippen LogP contribution in [0.15, 0.2) is 0 Å². The van der Waals surface area contributed by atoms with Gasteiger partial charge in [-0.2, -0.15) is 0 Å². The van der Waals surface area contributed by atoms with Crippen molar-refractivity contribution in [3.63, 3.8) is 0 Å². The van der Waals surface area contributed by atoms with Gasteiger partial charge in [0.25, 0.3) is 0 Å². The summed E-state index contributed by atoms with van der Waals surface area (Å²) in [6.45, 7) is 7.27. The monoisotopic (exact) mass is 191 g/mol. The van der Waals surface area contributed by atoms with Crippen LogP contribution in [0.1, 0.15) is 27.2 Å². The van der Waals surface area contributed by atoms with Gasteiger partial charge in [-0.15, -0.1) is 0 Å². The molecular formula is C9H21NO3. The highest BCUT2D eigenvalue weighted by Gasteiger charge is 2.14. The highest BCUT2D eigenvalue weighted by atomic mass is 16.5. The summed E-state index contributed by atoms with van der Waals surface area (Å²) in [5, 5.41) is 18.5. The van der Waals surface area contributed by atoms with Gasteiger partial charge in [0.15, 0.2) is 0 Å². The zero-order chi connectivity index (χ0) is 10.3. The smallest absolute Gasteiger partial charge is 0.106 e. The van der Waals surface area contributed by atoms with Crippen LogP contribution in [0.4, 0.5) is 0 Å². The fourth-order valence-corrected chi connectivity index (χ4v) is 1.18.